The Balaban J connectivity index is 1.60. The van der Waals surface area contributed by atoms with Crippen LogP contribution in [0, 0.1) is 0 Å². The molecule has 0 bridgehead atoms. The molecule has 4 rings (SSSR count). The third-order valence-corrected chi connectivity index (χ3v) is 4.88. The van der Waals surface area contributed by atoms with Gasteiger partial charge in [0, 0.05) is 25.7 Å². The SMILES string of the molecule is COc1cccc(-c2cc(C(=O)N3CCc4ccccc4C3)nn2C)c1. The van der Waals surface area contributed by atoms with Crippen molar-refractivity contribution in [1.29, 1.82) is 0 Å². The first-order chi connectivity index (χ1) is 12.7. The molecule has 0 radical (unpaired) electrons. The Bertz CT molecular complexity index is 961. The van der Waals surface area contributed by atoms with Gasteiger partial charge in [-0.15, -0.1) is 0 Å². The van der Waals surface area contributed by atoms with Crippen molar-refractivity contribution in [2.45, 2.75) is 13.0 Å². The van der Waals surface area contributed by atoms with Gasteiger partial charge in [0.2, 0.25) is 0 Å². The largest absolute Gasteiger partial charge is 0.497 e. The highest BCUT2D eigenvalue weighted by atomic mass is 16.5. The van der Waals surface area contributed by atoms with Crippen molar-refractivity contribution < 1.29 is 9.53 Å². The summed E-state index contributed by atoms with van der Waals surface area (Å²) < 4.78 is 7.04. The summed E-state index contributed by atoms with van der Waals surface area (Å²) in [5, 5.41) is 4.46. The van der Waals surface area contributed by atoms with Gasteiger partial charge in [-0.3, -0.25) is 9.48 Å². The molecule has 2 heterocycles. The van der Waals surface area contributed by atoms with Crippen LogP contribution < -0.4 is 4.74 Å². The van der Waals surface area contributed by atoms with Gasteiger partial charge in [0.15, 0.2) is 5.69 Å². The zero-order valence-corrected chi connectivity index (χ0v) is 15.0. The number of hydrogen-bond donors (Lipinski definition) is 0. The van der Waals surface area contributed by atoms with Crippen molar-refractivity contribution in [2.24, 2.45) is 7.05 Å². The van der Waals surface area contributed by atoms with Crippen LogP contribution in [-0.4, -0.2) is 34.2 Å². The molecule has 26 heavy (non-hydrogen) atoms. The lowest BCUT2D eigenvalue weighted by molar-refractivity contribution is 0.0728. The fourth-order valence-corrected chi connectivity index (χ4v) is 3.46. The average molecular weight is 347 g/mol. The summed E-state index contributed by atoms with van der Waals surface area (Å²) in [4.78, 5) is 14.8. The molecule has 3 aromatic rings. The van der Waals surface area contributed by atoms with Crippen LogP contribution in [0.5, 0.6) is 5.75 Å². The summed E-state index contributed by atoms with van der Waals surface area (Å²) in [5.41, 5.74) is 4.89. The van der Waals surface area contributed by atoms with Gasteiger partial charge in [-0.1, -0.05) is 36.4 Å². The maximum absolute atomic E-state index is 13.0. The fraction of sp³-hybridized carbons (Fsp3) is 0.238. The Kier molecular flexibility index (Phi) is 4.21. The molecule has 1 aliphatic heterocycles. The van der Waals surface area contributed by atoms with E-state index in [1.165, 1.54) is 11.1 Å². The van der Waals surface area contributed by atoms with E-state index < -0.39 is 0 Å². The van der Waals surface area contributed by atoms with Crippen LogP contribution in [0.3, 0.4) is 0 Å². The van der Waals surface area contributed by atoms with Crippen molar-refractivity contribution in [2.75, 3.05) is 13.7 Å². The minimum atomic E-state index is -0.0238. The Morgan fingerprint density at radius 2 is 1.88 bits per heavy atom. The normalized spacial score (nSPS) is 13.4. The van der Waals surface area contributed by atoms with Crippen molar-refractivity contribution in [3.63, 3.8) is 0 Å². The highest BCUT2D eigenvalue weighted by molar-refractivity contribution is 5.93. The molecule has 0 unspecified atom stereocenters. The maximum Gasteiger partial charge on any atom is 0.274 e. The van der Waals surface area contributed by atoms with E-state index in [2.05, 4.69) is 23.3 Å². The van der Waals surface area contributed by atoms with Crippen molar-refractivity contribution >= 4 is 5.91 Å². The standard InChI is InChI=1S/C21H21N3O2/c1-23-20(16-8-5-9-18(12-16)26-2)13-19(22-23)21(25)24-11-10-15-6-3-4-7-17(15)14-24/h3-9,12-13H,10-11,14H2,1-2H3. The molecular formula is C21H21N3O2. The molecule has 1 aliphatic rings. The summed E-state index contributed by atoms with van der Waals surface area (Å²) in [5.74, 6) is 0.758. The number of rotatable bonds is 3. The predicted octanol–water partition coefficient (Wildman–Crippen LogP) is 3.29. The first-order valence-corrected chi connectivity index (χ1v) is 8.70. The number of methoxy groups -OCH3 is 1. The molecule has 0 fully saturated rings. The minimum absolute atomic E-state index is 0.0238. The Morgan fingerprint density at radius 1 is 1.08 bits per heavy atom. The smallest absolute Gasteiger partial charge is 0.274 e. The molecule has 132 valence electrons. The van der Waals surface area contributed by atoms with Crippen LogP contribution in [-0.2, 0) is 20.0 Å². The number of benzene rings is 2. The van der Waals surface area contributed by atoms with Crippen LogP contribution >= 0.6 is 0 Å². The van der Waals surface area contributed by atoms with E-state index in [1.807, 2.05) is 48.3 Å². The van der Waals surface area contributed by atoms with E-state index in [9.17, 15) is 4.79 Å². The third-order valence-electron chi connectivity index (χ3n) is 4.88. The lowest BCUT2D eigenvalue weighted by atomic mass is 10.00. The van der Waals surface area contributed by atoms with Gasteiger partial charge < -0.3 is 9.64 Å². The first kappa shape index (κ1) is 16.4. The maximum atomic E-state index is 13.0. The van der Waals surface area contributed by atoms with Crippen LogP contribution in [0.2, 0.25) is 0 Å². The number of aryl methyl sites for hydroxylation is 1. The Labute approximate surface area is 152 Å². The van der Waals surface area contributed by atoms with Crippen LogP contribution in [0.15, 0.2) is 54.6 Å². The predicted molar refractivity (Wildman–Crippen MR) is 100 cm³/mol. The van der Waals surface area contributed by atoms with Crippen LogP contribution in [0.1, 0.15) is 21.6 Å². The van der Waals surface area contributed by atoms with E-state index in [-0.39, 0.29) is 5.91 Å². The fourth-order valence-electron chi connectivity index (χ4n) is 3.46. The van der Waals surface area contributed by atoms with Gasteiger partial charge in [-0.25, -0.2) is 0 Å². The summed E-state index contributed by atoms with van der Waals surface area (Å²) >= 11 is 0. The lowest BCUT2D eigenvalue weighted by Gasteiger charge is -2.28. The number of amides is 1. The molecule has 0 atom stereocenters. The van der Waals surface area contributed by atoms with Crippen molar-refractivity contribution in [3.05, 3.63) is 71.4 Å². The quantitative estimate of drug-likeness (QED) is 0.730. The third kappa shape index (κ3) is 2.96. The zero-order chi connectivity index (χ0) is 18.1. The lowest BCUT2D eigenvalue weighted by Crippen LogP contribution is -2.36. The van der Waals surface area contributed by atoms with Crippen LogP contribution in [0.25, 0.3) is 11.3 Å². The van der Waals surface area contributed by atoms with Crippen molar-refractivity contribution in [1.82, 2.24) is 14.7 Å². The van der Waals surface area contributed by atoms with Gasteiger partial charge in [0.25, 0.3) is 5.91 Å². The second-order valence-corrected chi connectivity index (χ2v) is 6.52. The van der Waals surface area contributed by atoms with Crippen LogP contribution in [0.4, 0.5) is 0 Å². The van der Waals surface area contributed by atoms with E-state index in [0.29, 0.717) is 12.2 Å². The molecule has 5 heteroatoms. The molecular weight excluding hydrogens is 326 g/mol. The molecule has 0 spiro atoms. The summed E-state index contributed by atoms with van der Waals surface area (Å²) in [7, 11) is 3.50. The van der Waals surface area contributed by atoms with Gasteiger partial charge in [-0.2, -0.15) is 5.10 Å². The van der Waals surface area contributed by atoms with Gasteiger partial charge in [0.05, 0.1) is 12.8 Å². The van der Waals surface area contributed by atoms with Gasteiger partial charge >= 0.3 is 0 Å². The monoisotopic (exact) mass is 347 g/mol. The summed E-state index contributed by atoms with van der Waals surface area (Å²) in [6.07, 6.45) is 0.886. The van der Waals surface area contributed by atoms with Crippen molar-refractivity contribution in [3.8, 4) is 17.0 Å². The Morgan fingerprint density at radius 3 is 2.69 bits per heavy atom. The van der Waals surface area contributed by atoms with E-state index in [1.54, 1.807) is 11.8 Å². The molecule has 2 aromatic carbocycles. The van der Waals surface area contributed by atoms with E-state index in [4.69, 9.17) is 4.74 Å². The highest BCUT2D eigenvalue weighted by Crippen LogP contribution is 2.25. The number of hydrogen-bond acceptors (Lipinski definition) is 3. The number of carbonyl (C=O) groups is 1. The first-order valence-electron chi connectivity index (χ1n) is 8.70. The molecule has 0 saturated carbocycles. The molecule has 0 N–H and O–H groups in total. The topological polar surface area (TPSA) is 47.4 Å². The number of carbonyl (C=O) groups excluding carboxylic acids is 1. The number of fused-ring (bicyclic) bond motifs is 1. The summed E-state index contributed by atoms with van der Waals surface area (Å²) in [6.45, 7) is 1.36. The summed E-state index contributed by atoms with van der Waals surface area (Å²) in [6, 6.07) is 17.9. The Hall–Kier alpha value is -3.08. The molecule has 1 aromatic heterocycles. The number of aromatic nitrogens is 2. The molecule has 0 saturated heterocycles. The molecule has 1 amide bonds. The van der Waals surface area contributed by atoms with Gasteiger partial charge in [0.1, 0.15) is 5.75 Å². The second kappa shape index (κ2) is 6.67. The second-order valence-electron chi connectivity index (χ2n) is 6.52. The van der Waals surface area contributed by atoms with Gasteiger partial charge in [-0.05, 0) is 35.7 Å². The average Bonchev–Trinajstić information content (AvgIpc) is 3.08. The highest BCUT2D eigenvalue weighted by Gasteiger charge is 2.24. The zero-order valence-electron chi connectivity index (χ0n) is 15.0. The molecule has 0 aliphatic carbocycles. The molecule has 5 nitrogen and oxygen atoms in total. The van der Waals surface area contributed by atoms with E-state index >= 15 is 0 Å². The number of nitrogens with zero attached hydrogens (tertiary/aromatic N) is 3. The van der Waals surface area contributed by atoms with E-state index in [0.717, 1.165) is 30.0 Å². The number of ether oxygens (including phenoxy) is 1. The minimum Gasteiger partial charge on any atom is -0.497 e.